The fraction of sp³-hybridized carbons (Fsp3) is 0.857. The first-order valence-corrected chi connectivity index (χ1v) is 10.7. The van der Waals surface area contributed by atoms with Crippen molar-refractivity contribution in [3.63, 3.8) is 0 Å². The van der Waals surface area contributed by atoms with Crippen molar-refractivity contribution in [2.24, 2.45) is 5.92 Å². The molecule has 1 aliphatic carbocycles. The van der Waals surface area contributed by atoms with E-state index in [0.717, 1.165) is 23.8 Å². The van der Waals surface area contributed by atoms with E-state index in [1.807, 2.05) is 41.8 Å². The number of carbonyl (C=O) groups is 1. The monoisotopic (exact) mass is 405 g/mol. The van der Waals surface area contributed by atoms with Gasteiger partial charge in [0, 0.05) is 20.0 Å². The highest BCUT2D eigenvalue weighted by Gasteiger charge is 2.57. The van der Waals surface area contributed by atoms with Crippen molar-refractivity contribution in [1.82, 2.24) is 4.90 Å². The van der Waals surface area contributed by atoms with Crippen molar-refractivity contribution < 1.29 is 23.4 Å². The van der Waals surface area contributed by atoms with Gasteiger partial charge in [0.2, 0.25) is 5.91 Å². The second-order valence-corrected chi connectivity index (χ2v) is 10.9. The fourth-order valence-electron chi connectivity index (χ4n) is 4.05. The molecule has 3 aliphatic rings. The van der Waals surface area contributed by atoms with Crippen LogP contribution in [0.3, 0.4) is 0 Å². The molecule has 0 radical (unpaired) electrons. The number of nitrogens with zero attached hydrogens (tertiary/aromatic N) is 1. The molecule has 2 saturated heterocycles. The Hall–Kier alpha value is -0.820. The van der Waals surface area contributed by atoms with Gasteiger partial charge in [-0.05, 0) is 85.6 Å². The molecule has 1 atom stereocenters. The first-order valence-electron chi connectivity index (χ1n) is 10.7. The molecule has 0 N–H and O–H groups in total. The summed E-state index contributed by atoms with van der Waals surface area (Å²) >= 11 is 0. The number of carbonyl (C=O) groups excluding carboxylic acids is 1. The van der Waals surface area contributed by atoms with Crippen molar-refractivity contribution in [3.8, 4) is 0 Å². The Morgan fingerprint density at radius 3 is 1.55 bits per heavy atom. The Balaban J connectivity index is 1.97. The maximum Gasteiger partial charge on any atom is 0.489 e. The molecule has 0 spiro atoms. The minimum absolute atomic E-state index is 0.0785. The van der Waals surface area contributed by atoms with Crippen LogP contribution in [0.15, 0.2) is 10.9 Å². The molecule has 0 aromatic rings. The average molecular weight is 405 g/mol. The van der Waals surface area contributed by atoms with E-state index in [9.17, 15) is 4.79 Å². The zero-order chi connectivity index (χ0) is 22.0. The van der Waals surface area contributed by atoms with E-state index < -0.39 is 36.6 Å². The van der Waals surface area contributed by atoms with Crippen LogP contribution in [0.1, 0.15) is 74.7 Å². The third-order valence-electron chi connectivity index (χ3n) is 7.51. The molecule has 0 saturated carbocycles. The Kier molecular flexibility index (Phi) is 5.61. The summed E-state index contributed by atoms with van der Waals surface area (Å²) in [6.07, 6.45) is 2.12. The molecule has 2 heterocycles. The summed E-state index contributed by atoms with van der Waals surface area (Å²) in [6, 6.07) is 0. The van der Waals surface area contributed by atoms with Crippen LogP contribution in [0.25, 0.3) is 0 Å². The van der Waals surface area contributed by atoms with E-state index in [4.69, 9.17) is 18.6 Å². The largest absolute Gasteiger partial charge is 0.489 e. The van der Waals surface area contributed by atoms with E-state index in [1.54, 1.807) is 4.90 Å². The van der Waals surface area contributed by atoms with Crippen molar-refractivity contribution in [1.29, 1.82) is 0 Å². The van der Waals surface area contributed by atoms with Crippen molar-refractivity contribution in [3.05, 3.63) is 10.9 Å². The average Bonchev–Trinajstić information content (AvgIpc) is 2.93. The molecule has 2 aliphatic heterocycles. The van der Waals surface area contributed by atoms with Crippen LogP contribution in [-0.4, -0.2) is 61.5 Å². The number of rotatable bonds is 3. The van der Waals surface area contributed by atoms with Crippen LogP contribution >= 0.6 is 0 Å². The highest BCUT2D eigenvalue weighted by atomic mass is 16.7. The van der Waals surface area contributed by atoms with Gasteiger partial charge in [0.25, 0.3) is 0 Å². The van der Waals surface area contributed by atoms with Gasteiger partial charge in [-0.15, -0.1) is 0 Å². The van der Waals surface area contributed by atoms with Gasteiger partial charge in [0.05, 0.1) is 22.4 Å². The zero-order valence-electron chi connectivity index (χ0n) is 19.8. The lowest BCUT2D eigenvalue weighted by Crippen LogP contribution is -2.41. The van der Waals surface area contributed by atoms with Gasteiger partial charge in [-0.2, -0.15) is 0 Å². The van der Waals surface area contributed by atoms with E-state index in [1.165, 1.54) is 0 Å². The Morgan fingerprint density at radius 1 is 0.793 bits per heavy atom. The van der Waals surface area contributed by atoms with Gasteiger partial charge < -0.3 is 23.5 Å². The summed E-state index contributed by atoms with van der Waals surface area (Å²) in [5.74, 6) is 0.0668. The summed E-state index contributed by atoms with van der Waals surface area (Å²) in [5.41, 5.74) is 0.372. The SMILES string of the molecule is CN(C)C(=O)C1CCC(B2OC(C)(C)C(C)(C)O2)=C(B2OC(C)(C)C(C)(C)O2)C1. The summed E-state index contributed by atoms with van der Waals surface area (Å²) in [7, 11) is 2.69. The molecule has 6 nitrogen and oxygen atoms in total. The molecule has 0 aromatic carbocycles. The van der Waals surface area contributed by atoms with Crippen molar-refractivity contribution in [2.75, 3.05) is 14.1 Å². The minimum atomic E-state index is -0.494. The second-order valence-electron chi connectivity index (χ2n) is 10.9. The number of amides is 1. The lowest BCUT2D eigenvalue weighted by atomic mass is 9.57. The summed E-state index contributed by atoms with van der Waals surface area (Å²) in [5, 5.41) is 0. The summed E-state index contributed by atoms with van der Waals surface area (Å²) in [4.78, 5) is 14.4. The molecule has 0 aromatic heterocycles. The highest BCUT2D eigenvalue weighted by Crippen LogP contribution is 2.46. The zero-order valence-corrected chi connectivity index (χ0v) is 19.8. The normalized spacial score (nSPS) is 30.1. The van der Waals surface area contributed by atoms with Crippen molar-refractivity contribution in [2.45, 2.75) is 97.1 Å². The molecule has 1 unspecified atom stereocenters. The molecule has 162 valence electrons. The standard InChI is InChI=1S/C21H37B2NO5/c1-18(2)19(3,4)27-22(26-18)15-12-11-14(17(25)24(9)10)13-16(15)23-28-20(5,6)21(7,8)29-23/h14H,11-13H2,1-10H3. The predicted molar refractivity (Wildman–Crippen MR) is 115 cm³/mol. The van der Waals surface area contributed by atoms with Gasteiger partial charge >= 0.3 is 14.2 Å². The third-order valence-corrected chi connectivity index (χ3v) is 7.51. The molecule has 0 bridgehead atoms. The van der Waals surface area contributed by atoms with Crippen LogP contribution in [-0.2, 0) is 23.4 Å². The molecule has 8 heteroatoms. The smallest absolute Gasteiger partial charge is 0.400 e. The summed E-state index contributed by atoms with van der Waals surface area (Å²) < 4.78 is 25.4. The van der Waals surface area contributed by atoms with Gasteiger partial charge in [0.15, 0.2) is 0 Å². The Bertz CT molecular complexity index is 682. The first kappa shape index (κ1) is 22.9. The Morgan fingerprint density at radius 2 is 1.17 bits per heavy atom. The number of hydrogen-bond acceptors (Lipinski definition) is 5. The van der Waals surface area contributed by atoms with E-state index in [-0.39, 0.29) is 11.8 Å². The van der Waals surface area contributed by atoms with Crippen LogP contribution in [0.5, 0.6) is 0 Å². The van der Waals surface area contributed by atoms with Gasteiger partial charge in [-0.1, -0.05) is 0 Å². The van der Waals surface area contributed by atoms with E-state index in [0.29, 0.717) is 6.42 Å². The number of hydrogen-bond donors (Lipinski definition) is 0. The highest BCUT2D eigenvalue weighted by molar-refractivity contribution is 6.62. The lowest BCUT2D eigenvalue weighted by molar-refractivity contribution is -0.133. The second kappa shape index (κ2) is 7.11. The molecule has 29 heavy (non-hydrogen) atoms. The topological polar surface area (TPSA) is 57.2 Å². The van der Waals surface area contributed by atoms with Crippen LogP contribution in [0.2, 0.25) is 0 Å². The lowest BCUT2D eigenvalue weighted by Gasteiger charge is -2.32. The fourth-order valence-corrected chi connectivity index (χ4v) is 4.05. The van der Waals surface area contributed by atoms with E-state index in [2.05, 4.69) is 27.7 Å². The molecule has 3 rings (SSSR count). The van der Waals surface area contributed by atoms with Gasteiger partial charge in [-0.25, -0.2) is 0 Å². The van der Waals surface area contributed by atoms with Gasteiger partial charge in [0.1, 0.15) is 0 Å². The molecule has 2 fully saturated rings. The van der Waals surface area contributed by atoms with Gasteiger partial charge in [-0.3, -0.25) is 4.79 Å². The number of allylic oxidation sites excluding steroid dienone is 2. The molecular formula is C21H37B2NO5. The Labute approximate surface area is 176 Å². The summed E-state index contributed by atoms with van der Waals surface area (Å²) in [6.45, 7) is 16.4. The first-order chi connectivity index (χ1) is 13.1. The predicted octanol–water partition coefficient (Wildman–Crippen LogP) is 3.43. The molecule has 1 amide bonds. The quantitative estimate of drug-likeness (QED) is 0.674. The maximum atomic E-state index is 12.7. The molecular weight excluding hydrogens is 368 g/mol. The minimum Gasteiger partial charge on any atom is -0.400 e. The third kappa shape index (κ3) is 3.93. The maximum absolute atomic E-state index is 12.7. The van der Waals surface area contributed by atoms with Crippen LogP contribution in [0, 0.1) is 5.92 Å². The van der Waals surface area contributed by atoms with Crippen LogP contribution < -0.4 is 0 Å². The van der Waals surface area contributed by atoms with Crippen molar-refractivity contribution >= 4 is 20.1 Å². The van der Waals surface area contributed by atoms with E-state index >= 15 is 0 Å². The van der Waals surface area contributed by atoms with Crippen LogP contribution in [0.4, 0.5) is 0 Å².